The van der Waals surface area contributed by atoms with E-state index in [0.29, 0.717) is 50.7 Å². The van der Waals surface area contributed by atoms with E-state index in [1.807, 2.05) is 13.0 Å². The van der Waals surface area contributed by atoms with E-state index < -0.39 is 17.7 Å². The monoisotopic (exact) mass is 550 g/mol. The lowest BCUT2D eigenvalue weighted by Gasteiger charge is -2.23. The number of ketones is 1. The Kier molecular flexibility index (Phi) is 6.96. The van der Waals surface area contributed by atoms with Crippen LogP contribution < -0.4 is 19.1 Å². The second-order valence-corrected chi connectivity index (χ2v) is 9.79. The lowest BCUT2D eigenvalue weighted by Crippen LogP contribution is -2.29. The van der Waals surface area contributed by atoms with E-state index in [-0.39, 0.29) is 11.3 Å². The molecule has 5 rings (SSSR count). The number of amides is 1. The zero-order valence-corrected chi connectivity index (χ0v) is 22.3. The van der Waals surface area contributed by atoms with Gasteiger partial charge in [0.2, 0.25) is 0 Å². The molecule has 1 amide bonds. The summed E-state index contributed by atoms with van der Waals surface area (Å²) in [6.07, 6.45) is 0. The fourth-order valence-electron chi connectivity index (χ4n) is 4.38. The molecule has 1 aromatic heterocycles. The van der Waals surface area contributed by atoms with Crippen molar-refractivity contribution in [3.8, 4) is 17.2 Å². The average molecular weight is 551 g/mol. The van der Waals surface area contributed by atoms with Crippen LogP contribution in [0.2, 0.25) is 5.02 Å². The van der Waals surface area contributed by atoms with Crippen molar-refractivity contribution < 1.29 is 28.9 Å². The van der Waals surface area contributed by atoms with Gasteiger partial charge in [0.15, 0.2) is 16.6 Å². The van der Waals surface area contributed by atoms with E-state index in [0.717, 1.165) is 4.70 Å². The number of aliphatic hydroxyl groups excluding tert-OH is 1. The molecule has 0 radical (unpaired) electrons. The molecule has 4 aromatic rings. The maximum Gasteiger partial charge on any atom is 0.301 e. The van der Waals surface area contributed by atoms with E-state index in [9.17, 15) is 14.7 Å². The summed E-state index contributed by atoms with van der Waals surface area (Å²) in [7, 11) is 3.01. The first-order valence-corrected chi connectivity index (χ1v) is 12.9. The van der Waals surface area contributed by atoms with Crippen LogP contribution in [0.25, 0.3) is 16.0 Å². The van der Waals surface area contributed by atoms with Gasteiger partial charge in [-0.25, -0.2) is 4.98 Å². The Labute approximate surface area is 227 Å². The Bertz CT molecular complexity index is 1580. The van der Waals surface area contributed by atoms with Gasteiger partial charge in [-0.15, -0.1) is 0 Å². The number of methoxy groups -OCH3 is 2. The van der Waals surface area contributed by atoms with Gasteiger partial charge >= 0.3 is 5.91 Å². The van der Waals surface area contributed by atoms with Crippen LogP contribution in [0.1, 0.15) is 24.1 Å². The molecule has 0 unspecified atom stereocenters. The highest BCUT2D eigenvalue weighted by Crippen LogP contribution is 2.46. The second-order valence-electron chi connectivity index (χ2n) is 8.35. The molecule has 3 aromatic carbocycles. The quantitative estimate of drug-likeness (QED) is 0.171. The molecule has 1 aliphatic heterocycles. The summed E-state index contributed by atoms with van der Waals surface area (Å²) < 4.78 is 17.2. The SMILES string of the molecule is CCOc1ccc2nc(N3C(=O)C(=O)/C(=C(/O)c4ccc(Cl)cc4)[C@H]3c3ccc(OC)c(OC)c3)sc2c1. The number of hydrogen-bond donors (Lipinski definition) is 1. The predicted molar refractivity (Wildman–Crippen MR) is 147 cm³/mol. The van der Waals surface area contributed by atoms with Crippen LogP contribution in [0.3, 0.4) is 0 Å². The number of aliphatic hydroxyl groups is 1. The first kappa shape index (κ1) is 25.6. The van der Waals surface area contributed by atoms with E-state index in [2.05, 4.69) is 4.98 Å². The van der Waals surface area contributed by atoms with Gasteiger partial charge in [-0.3, -0.25) is 14.5 Å². The Morgan fingerprint density at radius 2 is 1.76 bits per heavy atom. The topological polar surface area (TPSA) is 98.2 Å². The first-order valence-electron chi connectivity index (χ1n) is 11.7. The Morgan fingerprint density at radius 3 is 2.45 bits per heavy atom. The molecule has 0 saturated carbocycles. The Hall–Kier alpha value is -4.08. The third kappa shape index (κ3) is 4.44. The normalized spacial score (nSPS) is 16.7. The molecule has 2 heterocycles. The number of carbonyl (C=O) groups excluding carboxylic acids is 2. The van der Waals surface area contributed by atoms with E-state index in [1.54, 1.807) is 54.6 Å². The first-order chi connectivity index (χ1) is 18.4. The highest BCUT2D eigenvalue weighted by Gasteiger charge is 2.48. The minimum atomic E-state index is -0.975. The van der Waals surface area contributed by atoms with Gasteiger partial charge in [-0.1, -0.05) is 29.0 Å². The van der Waals surface area contributed by atoms with Crippen molar-refractivity contribution in [2.45, 2.75) is 13.0 Å². The molecular formula is C28H23ClN2O6S. The molecule has 0 spiro atoms. The van der Waals surface area contributed by atoms with Crippen LogP contribution in [0.5, 0.6) is 17.2 Å². The molecule has 0 bridgehead atoms. The molecule has 1 saturated heterocycles. The second kappa shape index (κ2) is 10.4. The largest absolute Gasteiger partial charge is 0.507 e. The number of thiazole rings is 1. The number of rotatable bonds is 7. The summed E-state index contributed by atoms with van der Waals surface area (Å²) in [4.78, 5) is 32.9. The maximum atomic E-state index is 13.5. The summed E-state index contributed by atoms with van der Waals surface area (Å²) in [5.74, 6) is -0.378. The highest BCUT2D eigenvalue weighted by atomic mass is 35.5. The maximum absolute atomic E-state index is 13.5. The zero-order valence-electron chi connectivity index (χ0n) is 20.7. The molecule has 1 fully saturated rings. The standard InChI is InChI=1S/C28H23ClN2O6S/c1-4-37-18-10-11-19-22(14-18)38-28(30-19)31-24(16-7-12-20(35-2)21(13-16)36-3)23(26(33)27(31)34)25(32)15-5-8-17(29)9-6-15/h5-14,24,32H,4H2,1-3H3/b25-23+/t24-/m1/s1. The van der Waals surface area contributed by atoms with Gasteiger partial charge in [0, 0.05) is 10.6 Å². The summed E-state index contributed by atoms with van der Waals surface area (Å²) in [5, 5.41) is 12.1. The number of hydrogen-bond acceptors (Lipinski definition) is 8. The molecule has 8 nitrogen and oxygen atoms in total. The molecule has 1 atom stereocenters. The van der Waals surface area contributed by atoms with E-state index in [4.69, 9.17) is 25.8 Å². The fraction of sp³-hybridized carbons (Fsp3) is 0.179. The van der Waals surface area contributed by atoms with Crippen molar-refractivity contribution in [3.05, 3.63) is 82.4 Å². The van der Waals surface area contributed by atoms with Crippen LogP contribution in [-0.2, 0) is 9.59 Å². The third-order valence-corrected chi connectivity index (χ3v) is 7.42. The van der Waals surface area contributed by atoms with Crippen molar-refractivity contribution in [1.29, 1.82) is 0 Å². The van der Waals surface area contributed by atoms with Gasteiger partial charge in [0.05, 0.1) is 42.7 Å². The number of carbonyl (C=O) groups is 2. The highest BCUT2D eigenvalue weighted by molar-refractivity contribution is 7.22. The lowest BCUT2D eigenvalue weighted by atomic mass is 9.95. The van der Waals surface area contributed by atoms with Gasteiger partial charge in [-0.05, 0) is 67.1 Å². The van der Waals surface area contributed by atoms with Crippen molar-refractivity contribution >= 4 is 55.7 Å². The number of fused-ring (bicyclic) bond motifs is 1. The molecule has 1 N–H and O–H groups in total. The van der Waals surface area contributed by atoms with Crippen molar-refractivity contribution in [1.82, 2.24) is 4.98 Å². The summed E-state index contributed by atoms with van der Waals surface area (Å²) in [6.45, 7) is 2.40. The van der Waals surface area contributed by atoms with Crippen molar-refractivity contribution in [2.24, 2.45) is 0 Å². The third-order valence-electron chi connectivity index (χ3n) is 6.15. The van der Waals surface area contributed by atoms with Crippen molar-refractivity contribution in [3.63, 3.8) is 0 Å². The Morgan fingerprint density at radius 1 is 1.03 bits per heavy atom. The number of aromatic nitrogens is 1. The molecule has 10 heteroatoms. The lowest BCUT2D eigenvalue weighted by molar-refractivity contribution is -0.132. The molecule has 38 heavy (non-hydrogen) atoms. The fourth-order valence-corrected chi connectivity index (χ4v) is 5.53. The minimum absolute atomic E-state index is 0.0706. The molecule has 194 valence electrons. The van der Waals surface area contributed by atoms with Crippen LogP contribution in [0.4, 0.5) is 5.13 Å². The van der Waals surface area contributed by atoms with Gasteiger partial charge in [0.1, 0.15) is 11.5 Å². The zero-order chi connectivity index (χ0) is 27.0. The van der Waals surface area contributed by atoms with E-state index >= 15 is 0 Å². The Balaban J connectivity index is 1.71. The summed E-state index contributed by atoms with van der Waals surface area (Å²) >= 11 is 7.27. The molecule has 0 aliphatic carbocycles. The number of halogens is 1. The van der Waals surface area contributed by atoms with Crippen LogP contribution in [0.15, 0.2) is 66.2 Å². The number of Topliss-reactive ketones (excluding diaryl/α,β-unsaturated/α-hetero) is 1. The predicted octanol–water partition coefficient (Wildman–Crippen LogP) is 5.99. The minimum Gasteiger partial charge on any atom is -0.507 e. The number of anilines is 1. The molecular weight excluding hydrogens is 528 g/mol. The number of nitrogens with zero attached hydrogens (tertiary/aromatic N) is 2. The molecule has 1 aliphatic rings. The van der Waals surface area contributed by atoms with Crippen LogP contribution >= 0.6 is 22.9 Å². The average Bonchev–Trinajstić information content (AvgIpc) is 3.46. The smallest absolute Gasteiger partial charge is 0.301 e. The van der Waals surface area contributed by atoms with Crippen LogP contribution in [-0.4, -0.2) is 42.6 Å². The summed E-state index contributed by atoms with van der Waals surface area (Å²) in [6, 6.07) is 15.9. The van der Waals surface area contributed by atoms with E-state index in [1.165, 1.54) is 30.5 Å². The van der Waals surface area contributed by atoms with Crippen molar-refractivity contribution in [2.75, 3.05) is 25.7 Å². The number of benzene rings is 3. The van der Waals surface area contributed by atoms with Gasteiger partial charge < -0.3 is 19.3 Å². The summed E-state index contributed by atoms with van der Waals surface area (Å²) in [5.41, 5.74) is 1.47. The van der Waals surface area contributed by atoms with Gasteiger partial charge in [0.25, 0.3) is 5.78 Å². The van der Waals surface area contributed by atoms with Crippen LogP contribution in [0, 0.1) is 0 Å². The number of ether oxygens (including phenoxy) is 3. The van der Waals surface area contributed by atoms with Gasteiger partial charge in [-0.2, -0.15) is 0 Å².